The molecule has 0 spiro atoms. The molecule has 0 heterocycles. The fraction of sp³-hybridized carbons (Fsp3) is 0.364. The molecule has 0 bridgehead atoms. The van der Waals surface area contributed by atoms with E-state index in [0.717, 1.165) is 5.56 Å². The SMILES string of the molecule is COc1ccc(CCNC(=O)C(NC(=O)c2ccccc2Br)C(C)C)cc1OC. The van der Waals surface area contributed by atoms with Crippen molar-refractivity contribution in [2.45, 2.75) is 26.3 Å². The summed E-state index contributed by atoms with van der Waals surface area (Å²) in [5, 5.41) is 5.75. The van der Waals surface area contributed by atoms with Crippen molar-refractivity contribution < 1.29 is 19.1 Å². The minimum atomic E-state index is -0.625. The number of hydrogen-bond donors (Lipinski definition) is 2. The average Bonchev–Trinajstić information content (AvgIpc) is 2.71. The van der Waals surface area contributed by atoms with Crippen molar-refractivity contribution in [3.05, 3.63) is 58.1 Å². The number of amides is 2. The third-order valence-electron chi connectivity index (χ3n) is 4.52. The predicted molar refractivity (Wildman–Crippen MR) is 116 cm³/mol. The van der Waals surface area contributed by atoms with Gasteiger partial charge in [-0.1, -0.05) is 32.0 Å². The second kappa shape index (κ2) is 10.9. The highest BCUT2D eigenvalue weighted by atomic mass is 79.9. The molecule has 0 aliphatic rings. The Morgan fingerprint density at radius 3 is 2.34 bits per heavy atom. The van der Waals surface area contributed by atoms with E-state index in [9.17, 15) is 9.59 Å². The van der Waals surface area contributed by atoms with Gasteiger partial charge in [-0.25, -0.2) is 0 Å². The van der Waals surface area contributed by atoms with Crippen LogP contribution in [-0.2, 0) is 11.2 Å². The summed E-state index contributed by atoms with van der Waals surface area (Å²) in [6.45, 7) is 4.25. The van der Waals surface area contributed by atoms with Crippen LogP contribution in [0, 0.1) is 5.92 Å². The molecule has 2 aromatic rings. The smallest absolute Gasteiger partial charge is 0.253 e. The Hall–Kier alpha value is -2.54. The summed E-state index contributed by atoms with van der Waals surface area (Å²) in [7, 11) is 3.18. The lowest BCUT2D eigenvalue weighted by Crippen LogP contribution is -2.50. The highest BCUT2D eigenvalue weighted by Gasteiger charge is 2.25. The van der Waals surface area contributed by atoms with Crippen LogP contribution in [-0.4, -0.2) is 38.6 Å². The molecule has 0 fully saturated rings. The summed E-state index contributed by atoms with van der Waals surface area (Å²) in [6.07, 6.45) is 0.634. The van der Waals surface area contributed by atoms with Gasteiger partial charge in [-0.3, -0.25) is 9.59 Å². The molecule has 29 heavy (non-hydrogen) atoms. The molecular formula is C22H27BrN2O4. The number of carbonyl (C=O) groups is 2. The van der Waals surface area contributed by atoms with Crippen LogP contribution >= 0.6 is 15.9 Å². The second-order valence-electron chi connectivity index (χ2n) is 6.91. The number of benzene rings is 2. The van der Waals surface area contributed by atoms with Crippen LogP contribution in [0.1, 0.15) is 29.8 Å². The molecule has 0 saturated carbocycles. The Morgan fingerprint density at radius 2 is 1.72 bits per heavy atom. The van der Waals surface area contributed by atoms with Gasteiger partial charge in [0.1, 0.15) is 6.04 Å². The van der Waals surface area contributed by atoms with E-state index < -0.39 is 6.04 Å². The van der Waals surface area contributed by atoms with E-state index in [0.29, 0.717) is 34.5 Å². The third kappa shape index (κ3) is 6.22. The molecular weight excluding hydrogens is 436 g/mol. The lowest BCUT2D eigenvalue weighted by atomic mass is 10.0. The van der Waals surface area contributed by atoms with Gasteiger partial charge in [0.25, 0.3) is 5.91 Å². The van der Waals surface area contributed by atoms with E-state index in [4.69, 9.17) is 9.47 Å². The van der Waals surface area contributed by atoms with Gasteiger partial charge < -0.3 is 20.1 Å². The third-order valence-corrected chi connectivity index (χ3v) is 5.21. The summed E-state index contributed by atoms with van der Waals surface area (Å²) in [6, 6.07) is 12.2. The quantitative estimate of drug-likeness (QED) is 0.596. The fourth-order valence-electron chi connectivity index (χ4n) is 2.88. The molecule has 156 valence electrons. The number of halogens is 1. The Morgan fingerprint density at radius 1 is 1.03 bits per heavy atom. The fourth-order valence-corrected chi connectivity index (χ4v) is 3.34. The van der Waals surface area contributed by atoms with Crippen LogP contribution in [0.5, 0.6) is 11.5 Å². The largest absolute Gasteiger partial charge is 0.493 e. The Kier molecular flexibility index (Phi) is 8.51. The highest BCUT2D eigenvalue weighted by Crippen LogP contribution is 2.27. The molecule has 2 aromatic carbocycles. The predicted octanol–water partition coefficient (Wildman–Crippen LogP) is 3.58. The molecule has 1 atom stereocenters. The van der Waals surface area contributed by atoms with Gasteiger partial charge in [-0.15, -0.1) is 0 Å². The Bertz CT molecular complexity index is 854. The van der Waals surface area contributed by atoms with Crippen molar-refractivity contribution in [1.82, 2.24) is 10.6 Å². The first-order chi connectivity index (χ1) is 13.9. The van der Waals surface area contributed by atoms with Crippen LogP contribution < -0.4 is 20.1 Å². The molecule has 0 saturated heterocycles. The van der Waals surface area contributed by atoms with E-state index in [-0.39, 0.29) is 17.7 Å². The maximum atomic E-state index is 12.7. The van der Waals surface area contributed by atoms with Crippen LogP contribution in [0.3, 0.4) is 0 Å². The van der Waals surface area contributed by atoms with Gasteiger partial charge in [0.05, 0.1) is 19.8 Å². The van der Waals surface area contributed by atoms with Crippen LogP contribution in [0.15, 0.2) is 46.9 Å². The summed E-state index contributed by atoms with van der Waals surface area (Å²) in [5.74, 6) is 0.765. The molecule has 0 aliphatic carbocycles. The van der Waals surface area contributed by atoms with Crippen LogP contribution in [0.4, 0.5) is 0 Å². The minimum Gasteiger partial charge on any atom is -0.493 e. The van der Waals surface area contributed by atoms with E-state index in [2.05, 4.69) is 26.6 Å². The lowest BCUT2D eigenvalue weighted by Gasteiger charge is -2.22. The molecule has 2 amide bonds. The van der Waals surface area contributed by atoms with Gasteiger partial charge in [0.15, 0.2) is 11.5 Å². The van der Waals surface area contributed by atoms with Gasteiger partial charge in [0.2, 0.25) is 5.91 Å². The number of carbonyl (C=O) groups excluding carboxylic acids is 2. The Labute approximate surface area is 180 Å². The number of methoxy groups -OCH3 is 2. The van der Waals surface area contributed by atoms with Crippen molar-refractivity contribution in [1.29, 1.82) is 0 Å². The van der Waals surface area contributed by atoms with Crippen molar-refractivity contribution in [2.75, 3.05) is 20.8 Å². The standard InChI is InChI=1S/C22H27BrN2O4/c1-14(2)20(25-21(26)16-7-5-6-8-17(16)23)22(27)24-12-11-15-9-10-18(28-3)19(13-15)29-4/h5-10,13-14,20H,11-12H2,1-4H3,(H,24,27)(H,25,26). The van der Waals surface area contributed by atoms with Crippen molar-refractivity contribution >= 4 is 27.7 Å². The Balaban J connectivity index is 1.96. The average molecular weight is 463 g/mol. The number of rotatable bonds is 9. The first-order valence-electron chi connectivity index (χ1n) is 9.41. The van der Waals surface area contributed by atoms with Crippen LogP contribution in [0.25, 0.3) is 0 Å². The van der Waals surface area contributed by atoms with Gasteiger partial charge in [-0.05, 0) is 58.1 Å². The first kappa shape index (κ1) is 22.7. The van der Waals surface area contributed by atoms with Gasteiger partial charge in [0, 0.05) is 11.0 Å². The minimum absolute atomic E-state index is 0.0532. The zero-order valence-electron chi connectivity index (χ0n) is 17.1. The van der Waals surface area contributed by atoms with E-state index in [1.807, 2.05) is 38.1 Å². The highest BCUT2D eigenvalue weighted by molar-refractivity contribution is 9.10. The number of ether oxygens (including phenoxy) is 2. The molecule has 0 radical (unpaired) electrons. The normalized spacial score (nSPS) is 11.7. The van der Waals surface area contributed by atoms with E-state index in [1.54, 1.807) is 32.4 Å². The van der Waals surface area contributed by atoms with Crippen molar-refractivity contribution in [3.63, 3.8) is 0 Å². The summed E-state index contributed by atoms with van der Waals surface area (Å²) in [5.41, 5.74) is 1.51. The summed E-state index contributed by atoms with van der Waals surface area (Å²) < 4.78 is 11.2. The summed E-state index contributed by atoms with van der Waals surface area (Å²) in [4.78, 5) is 25.2. The number of hydrogen-bond acceptors (Lipinski definition) is 4. The second-order valence-corrected chi connectivity index (χ2v) is 7.76. The first-order valence-corrected chi connectivity index (χ1v) is 10.2. The number of nitrogens with one attached hydrogen (secondary N) is 2. The van der Waals surface area contributed by atoms with E-state index in [1.165, 1.54) is 0 Å². The molecule has 2 rings (SSSR count). The molecule has 6 nitrogen and oxygen atoms in total. The molecule has 7 heteroatoms. The topological polar surface area (TPSA) is 76.7 Å². The van der Waals surface area contributed by atoms with E-state index >= 15 is 0 Å². The lowest BCUT2D eigenvalue weighted by molar-refractivity contribution is -0.123. The van der Waals surface area contributed by atoms with Crippen molar-refractivity contribution in [3.8, 4) is 11.5 Å². The summed E-state index contributed by atoms with van der Waals surface area (Å²) >= 11 is 3.37. The molecule has 0 aromatic heterocycles. The van der Waals surface area contributed by atoms with Crippen molar-refractivity contribution in [2.24, 2.45) is 5.92 Å². The molecule has 2 N–H and O–H groups in total. The zero-order valence-corrected chi connectivity index (χ0v) is 18.7. The zero-order chi connectivity index (χ0) is 21.4. The maximum absolute atomic E-state index is 12.7. The monoisotopic (exact) mass is 462 g/mol. The molecule has 1 unspecified atom stereocenters. The maximum Gasteiger partial charge on any atom is 0.253 e. The van der Waals surface area contributed by atoms with Gasteiger partial charge in [-0.2, -0.15) is 0 Å². The molecule has 0 aliphatic heterocycles. The van der Waals surface area contributed by atoms with Crippen LogP contribution in [0.2, 0.25) is 0 Å². The van der Waals surface area contributed by atoms with Gasteiger partial charge >= 0.3 is 0 Å².